The summed E-state index contributed by atoms with van der Waals surface area (Å²) in [6.45, 7) is 0. The molecular formula is C8H9IO. The molecule has 0 amide bonds. The molecule has 54 valence electrons. The maximum absolute atomic E-state index is 11.0. The fourth-order valence-electron chi connectivity index (χ4n) is 1.02. The zero-order chi connectivity index (χ0) is 7.40. The van der Waals surface area contributed by atoms with Gasteiger partial charge < -0.3 is 0 Å². The molecule has 0 saturated carbocycles. The number of rotatable bonds is 2. The molecule has 0 radical (unpaired) electrons. The minimum Gasteiger partial charge on any atom is -0.295 e. The number of hydrogen-bond acceptors (Lipinski definition) is 1. The van der Waals surface area contributed by atoms with Crippen molar-refractivity contribution in [2.75, 3.05) is 0 Å². The van der Waals surface area contributed by atoms with Crippen molar-refractivity contribution in [1.29, 1.82) is 0 Å². The SMILES string of the molecule is O=C1CCC=C1CC=CI. The molecule has 0 spiro atoms. The van der Waals surface area contributed by atoms with E-state index in [1.165, 1.54) is 0 Å². The first-order valence-electron chi connectivity index (χ1n) is 3.32. The molecule has 0 N–H and O–H groups in total. The lowest BCUT2D eigenvalue weighted by atomic mass is 10.1. The van der Waals surface area contributed by atoms with Crippen molar-refractivity contribution in [2.45, 2.75) is 19.3 Å². The van der Waals surface area contributed by atoms with Crippen molar-refractivity contribution in [3.8, 4) is 0 Å². The molecule has 1 aliphatic rings. The van der Waals surface area contributed by atoms with Gasteiger partial charge >= 0.3 is 0 Å². The van der Waals surface area contributed by atoms with Crippen LogP contribution in [0.3, 0.4) is 0 Å². The van der Waals surface area contributed by atoms with E-state index in [1.807, 2.05) is 16.2 Å². The van der Waals surface area contributed by atoms with E-state index >= 15 is 0 Å². The van der Waals surface area contributed by atoms with E-state index in [9.17, 15) is 4.79 Å². The molecule has 0 aromatic rings. The predicted molar refractivity (Wildman–Crippen MR) is 50.1 cm³/mol. The third-order valence-corrected chi connectivity index (χ3v) is 2.06. The molecular weight excluding hydrogens is 239 g/mol. The number of halogens is 1. The Morgan fingerprint density at radius 2 is 2.50 bits per heavy atom. The summed E-state index contributed by atoms with van der Waals surface area (Å²) >= 11 is 2.16. The van der Waals surface area contributed by atoms with Gasteiger partial charge in [-0.05, 0) is 22.5 Å². The van der Waals surface area contributed by atoms with E-state index in [0.29, 0.717) is 5.78 Å². The van der Waals surface area contributed by atoms with Crippen molar-refractivity contribution in [3.63, 3.8) is 0 Å². The molecule has 0 fully saturated rings. The van der Waals surface area contributed by atoms with Crippen LogP contribution in [0.25, 0.3) is 0 Å². The van der Waals surface area contributed by atoms with Crippen LogP contribution < -0.4 is 0 Å². The number of carbonyl (C=O) groups is 1. The number of ketones is 1. The molecule has 0 unspecified atom stereocenters. The largest absolute Gasteiger partial charge is 0.295 e. The fourth-order valence-corrected chi connectivity index (χ4v) is 1.27. The van der Waals surface area contributed by atoms with Gasteiger partial charge in [0, 0.05) is 6.42 Å². The second-order valence-electron chi connectivity index (χ2n) is 2.26. The van der Waals surface area contributed by atoms with Gasteiger partial charge in [-0.3, -0.25) is 4.79 Å². The normalized spacial score (nSPS) is 18.5. The van der Waals surface area contributed by atoms with Crippen LogP contribution in [0.5, 0.6) is 0 Å². The number of allylic oxidation sites excluding steroid dienone is 3. The zero-order valence-electron chi connectivity index (χ0n) is 5.64. The Morgan fingerprint density at radius 1 is 1.70 bits per heavy atom. The van der Waals surface area contributed by atoms with E-state index in [-0.39, 0.29) is 0 Å². The second-order valence-corrected chi connectivity index (χ2v) is 2.98. The van der Waals surface area contributed by atoms with Gasteiger partial charge in [-0.15, -0.1) is 0 Å². The quantitative estimate of drug-likeness (QED) is 0.686. The number of Topliss-reactive ketones (excluding diaryl/α,β-unsaturated/α-hetero) is 1. The van der Waals surface area contributed by atoms with Crippen LogP contribution in [0.1, 0.15) is 19.3 Å². The van der Waals surface area contributed by atoms with Gasteiger partial charge in [0.05, 0.1) is 0 Å². The fraction of sp³-hybridized carbons (Fsp3) is 0.375. The summed E-state index contributed by atoms with van der Waals surface area (Å²) in [6.07, 6.45) is 6.55. The van der Waals surface area contributed by atoms with E-state index in [4.69, 9.17) is 0 Å². The Balaban J connectivity index is 2.47. The minimum absolute atomic E-state index is 0.328. The highest BCUT2D eigenvalue weighted by Crippen LogP contribution is 2.17. The smallest absolute Gasteiger partial charge is 0.159 e. The Hall–Kier alpha value is -0.120. The number of carbonyl (C=O) groups excluding carboxylic acids is 1. The molecule has 0 bridgehead atoms. The molecule has 0 aromatic heterocycles. The zero-order valence-corrected chi connectivity index (χ0v) is 7.80. The van der Waals surface area contributed by atoms with Crippen molar-refractivity contribution < 1.29 is 4.79 Å². The third-order valence-electron chi connectivity index (χ3n) is 1.55. The van der Waals surface area contributed by atoms with Crippen LogP contribution in [-0.4, -0.2) is 5.78 Å². The summed E-state index contributed by atoms with van der Waals surface area (Å²) in [5, 5.41) is 0. The maximum Gasteiger partial charge on any atom is 0.159 e. The van der Waals surface area contributed by atoms with Crippen LogP contribution in [0.4, 0.5) is 0 Å². The average molecular weight is 248 g/mol. The van der Waals surface area contributed by atoms with E-state index in [1.54, 1.807) is 0 Å². The van der Waals surface area contributed by atoms with Gasteiger partial charge in [-0.25, -0.2) is 0 Å². The van der Waals surface area contributed by atoms with E-state index < -0.39 is 0 Å². The molecule has 2 heteroatoms. The Kier molecular flexibility index (Phi) is 3.12. The molecule has 0 atom stereocenters. The minimum atomic E-state index is 0.328. The maximum atomic E-state index is 11.0. The lowest BCUT2D eigenvalue weighted by molar-refractivity contribution is -0.114. The Morgan fingerprint density at radius 3 is 3.00 bits per heavy atom. The van der Waals surface area contributed by atoms with Gasteiger partial charge in [-0.1, -0.05) is 34.7 Å². The summed E-state index contributed by atoms with van der Waals surface area (Å²) in [5.74, 6) is 0.328. The van der Waals surface area contributed by atoms with Crippen LogP contribution >= 0.6 is 22.6 Å². The van der Waals surface area contributed by atoms with Crippen LogP contribution in [0, 0.1) is 0 Å². The van der Waals surface area contributed by atoms with Gasteiger partial charge in [0.1, 0.15) is 0 Å². The summed E-state index contributed by atoms with van der Waals surface area (Å²) in [4.78, 5) is 11.0. The molecule has 0 aromatic carbocycles. The lowest BCUT2D eigenvalue weighted by Gasteiger charge is -1.91. The molecule has 0 aliphatic heterocycles. The number of hydrogen-bond donors (Lipinski definition) is 0. The van der Waals surface area contributed by atoms with Crippen molar-refractivity contribution in [1.82, 2.24) is 0 Å². The van der Waals surface area contributed by atoms with Crippen molar-refractivity contribution in [2.24, 2.45) is 0 Å². The Bertz CT molecular complexity index is 191. The standard InChI is InChI=1S/C8H9IO/c9-6-2-4-7-3-1-5-8(7)10/h2-3,6H,1,4-5H2. The molecule has 1 aliphatic carbocycles. The third kappa shape index (κ3) is 1.94. The molecule has 0 saturated heterocycles. The summed E-state index contributed by atoms with van der Waals surface area (Å²) in [6, 6.07) is 0. The molecule has 1 nitrogen and oxygen atoms in total. The van der Waals surface area contributed by atoms with Gasteiger partial charge in [-0.2, -0.15) is 0 Å². The first-order valence-corrected chi connectivity index (χ1v) is 4.56. The van der Waals surface area contributed by atoms with Crippen molar-refractivity contribution >= 4 is 28.4 Å². The molecule has 10 heavy (non-hydrogen) atoms. The summed E-state index contributed by atoms with van der Waals surface area (Å²) in [7, 11) is 0. The summed E-state index contributed by atoms with van der Waals surface area (Å²) in [5.41, 5.74) is 0.993. The molecule has 0 heterocycles. The highest BCUT2D eigenvalue weighted by atomic mass is 127. The van der Waals surface area contributed by atoms with Crippen LogP contribution in [0.2, 0.25) is 0 Å². The Labute approximate surface area is 74.3 Å². The second kappa shape index (κ2) is 3.91. The van der Waals surface area contributed by atoms with Gasteiger partial charge in [0.15, 0.2) is 5.78 Å². The predicted octanol–water partition coefficient (Wildman–Crippen LogP) is 2.61. The van der Waals surface area contributed by atoms with Crippen LogP contribution in [0.15, 0.2) is 21.8 Å². The summed E-state index contributed by atoms with van der Waals surface area (Å²) < 4.78 is 1.95. The van der Waals surface area contributed by atoms with E-state index in [2.05, 4.69) is 22.6 Å². The molecule has 1 rings (SSSR count). The average Bonchev–Trinajstić information content (AvgIpc) is 2.31. The monoisotopic (exact) mass is 248 g/mol. The van der Waals surface area contributed by atoms with Crippen LogP contribution in [-0.2, 0) is 4.79 Å². The van der Waals surface area contributed by atoms with Gasteiger partial charge in [0.25, 0.3) is 0 Å². The highest BCUT2D eigenvalue weighted by molar-refractivity contribution is 14.1. The first-order chi connectivity index (χ1) is 4.84. The highest BCUT2D eigenvalue weighted by Gasteiger charge is 2.12. The first kappa shape index (κ1) is 7.98. The van der Waals surface area contributed by atoms with Crippen molar-refractivity contribution in [3.05, 3.63) is 21.8 Å². The topological polar surface area (TPSA) is 17.1 Å². The van der Waals surface area contributed by atoms with E-state index in [0.717, 1.165) is 24.8 Å². The lowest BCUT2D eigenvalue weighted by Crippen LogP contribution is -1.93. The van der Waals surface area contributed by atoms with Gasteiger partial charge in [0.2, 0.25) is 0 Å².